The topological polar surface area (TPSA) is 102 Å². The van der Waals surface area contributed by atoms with Crippen molar-refractivity contribution < 1.29 is 13.2 Å². The highest BCUT2D eigenvalue weighted by molar-refractivity contribution is 7.89. The summed E-state index contributed by atoms with van der Waals surface area (Å²) in [5.41, 5.74) is 0.441. The first-order valence-electron chi connectivity index (χ1n) is 4.08. The van der Waals surface area contributed by atoms with Crippen LogP contribution in [0.2, 0.25) is 0 Å². The van der Waals surface area contributed by atoms with Crippen LogP contribution >= 0.6 is 0 Å². The van der Waals surface area contributed by atoms with E-state index in [2.05, 4.69) is 10.3 Å². The van der Waals surface area contributed by atoms with Gasteiger partial charge in [0.15, 0.2) is 0 Å². The van der Waals surface area contributed by atoms with Crippen LogP contribution in [-0.4, -0.2) is 19.3 Å². The standard InChI is InChI=1S/C8H11N3O3S/c1-5-3-8(11-6(2)12)10-4-7(5)15(9,13)14/h3-4H,1-2H3,(H2,9,13,14)(H,10,11,12). The van der Waals surface area contributed by atoms with E-state index in [9.17, 15) is 13.2 Å². The highest BCUT2D eigenvalue weighted by Gasteiger charge is 2.12. The van der Waals surface area contributed by atoms with E-state index < -0.39 is 10.0 Å². The number of primary sulfonamides is 1. The first kappa shape index (κ1) is 11.6. The summed E-state index contributed by atoms with van der Waals surface area (Å²) in [6.45, 7) is 2.91. The van der Waals surface area contributed by atoms with Crippen LogP contribution in [0.3, 0.4) is 0 Å². The normalized spacial score (nSPS) is 11.1. The molecule has 1 aromatic rings. The predicted molar refractivity (Wildman–Crippen MR) is 54.7 cm³/mol. The number of amides is 1. The van der Waals surface area contributed by atoms with Crippen molar-refractivity contribution in [1.29, 1.82) is 0 Å². The van der Waals surface area contributed by atoms with E-state index in [1.165, 1.54) is 13.0 Å². The summed E-state index contributed by atoms with van der Waals surface area (Å²) in [6, 6.07) is 1.45. The number of carbonyl (C=O) groups is 1. The Morgan fingerprint density at radius 3 is 2.53 bits per heavy atom. The van der Waals surface area contributed by atoms with E-state index in [1.807, 2.05) is 0 Å². The molecule has 0 radical (unpaired) electrons. The summed E-state index contributed by atoms with van der Waals surface area (Å²) in [5, 5.41) is 7.39. The zero-order valence-electron chi connectivity index (χ0n) is 8.31. The summed E-state index contributed by atoms with van der Waals surface area (Å²) in [7, 11) is -3.75. The summed E-state index contributed by atoms with van der Waals surface area (Å²) >= 11 is 0. The molecule has 0 aliphatic rings. The van der Waals surface area contributed by atoms with Gasteiger partial charge in [0.25, 0.3) is 0 Å². The van der Waals surface area contributed by atoms with Gasteiger partial charge in [0.05, 0.1) is 0 Å². The predicted octanol–water partition coefficient (Wildman–Crippen LogP) is -0.00418. The van der Waals surface area contributed by atoms with Gasteiger partial charge in [0.1, 0.15) is 10.7 Å². The van der Waals surface area contributed by atoms with E-state index in [-0.39, 0.29) is 10.8 Å². The second-order valence-electron chi connectivity index (χ2n) is 3.06. The molecule has 1 rings (SSSR count). The molecule has 0 bridgehead atoms. The van der Waals surface area contributed by atoms with Crippen LogP contribution in [0, 0.1) is 6.92 Å². The molecule has 15 heavy (non-hydrogen) atoms. The molecule has 0 fully saturated rings. The van der Waals surface area contributed by atoms with Gasteiger partial charge in [0.2, 0.25) is 15.9 Å². The molecular weight excluding hydrogens is 218 g/mol. The number of rotatable bonds is 2. The lowest BCUT2D eigenvalue weighted by Crippen LogP contribution is -2.15. The van der Waals surface area contributed by atoms with Crippen molar-refractivity contribution in [3.63, 3.8) is 0 Å². The van der Waals surface area contributed by atoms with Crippen molar-refractivity contribution in [2.45, 2.75) is 18.7 Å². The van der Waals surface area contributed by atoms with Gasteiger partial charge in [-0.1, -0.05) is 0 Å². The Hall–Kier alpha value is -1.47. The quantitative estimate of drug-likeness (QED) is 0.744. The maximum absolute atomic E-state index is 11.0. The Kier molecular flexibility index (Phi) is 3.06. The second-order valence-corrected chi connectivity index (χ2v) is 4.59. The molecule has 0 aliphatic heterocycles. The Labute approximate surface area is 87.6 Å². The third kappa shape index (κ3) is 3.00. The van der Waals surface area contributed by atoms with Gasteiger partial charge in [-0.25, -0.2) is 18.5 Å². The fraction of sp³-hybridized carbons (Fsp3) is 0.250. The van der Waals surface area contributed by atoms with Crippen molar-refractivity contribution >= 4 is 21.7 Å². The van der Waals surface area contributed by atoms with Crippen LogP contribution in [0.25, 0.3) is 0 Å². The number of hydrogen-bond acceptors (Lipinski definition) is 4. The molecule has 3 N–H and O–H groups in total. The maximum Gasteiger partial charge on any atom is 0.239 e. The molecule has 0 aliphatic carbocycles. The summed E-state index contributed by atoms with van der Waals surface area (Å²) < 4.78 is 22.1. The number of carbonyl (C=O) groups excluding carboxylic acids is 1. The van der Waals surface area contributed by atoms with Gasteiger partial charge in [-0.3, -0.25) is 4.79 Å². The second kappa shape index (κ2) is 3.95. The van der Waals surface area contributed by atoms with Crippen LogP contribution in [0.5, 0.6) is 0 Å². The highest BCUT2D eigenvalue weighted by Crippen LogP contribution is 2.15. The van der Waals surface area contributed by atoms with Gasteiger partial charge in [-0.05, 0) is 18.6 Å². The average molecular weight is 229 g/mol. The van der Waals surface area contributed by atoms with Gasteiger partial charge >= 0.3 is 0 Å². The number of anilines is 1. The molecule has 0 saturated carbocycles. The lowest BCUT2D eigenvalue weighted by molar-refractivity contribution is -0.114. The molecule has 6 nitrogen and oxygen atoms in total. The minimum absolute atomic E-state index is 0.0448. The molecular formula is C8H11N3O3S. The number of hydrogen-bond donors (Lipinski definition) is 2. The number of nitrogens with zero attached hydrogens (tertiary/aromatic N) is 1. The summed E-state index contributed by atoms with van der Waals surface area (Å²) in [5.74, 6) is 0.0256. The third-order valence-corrected chi connectivity index (χ3v) is 2.71. The minimum atomic E-state index is -3.75. The molecule has 1 amide bonds. The highest BCUT2D eigenvalue weighted by atomic mass is 32.2. The minimum Gasteiger partial charge on any atom is -0.311 e. The van der Waals surface area contributed by atoms with Crippen molar-refractivity contribution in [1.82, 2.24) is 4.98 Å². The van der Waals surface area contributed by atoms with Crippen LogP contribution < -0.4 is 10.5 Å². The Bertz CT molecular complexity index is 496. The average Bonchev–Trinajstić information content (AvgIpc) is 1.99. The monoisotopic (exact) mass is 229 g/mol. The number of aryl methyl sites for hydroxylation is 1. The van der Waals surface area contributed by atoms with Gasteiger partial charge < -0.3 is 5.32 Å². The lowest BCUT2D eigenvalue weighted by atomic mass is 10.3. The van der Waals surface area contributed by atoms with Crippen LogP contribution in [0.15, 0.2) is 17.2 Å². The molecule has 0 atom stereocenters. The molecule has 0 spiro atoms. The van der Waals surface area contributed by atoms with Crippen LogP contribution in [0.4, 0.5) is 5.82 Å². The summed E-state index contributed by atoms with van der Waals surface area (Å²) in [4.78, 5) is 14.4. The van der Waals surface area contributed by atoms with Gasteiger partial charge in [-0.2, -0.15) is 0 Å². The smallest absolute Gasteiger partial charge is 0.239 e. The molecule has 0 unspecified atom stereocenters. The van der Waals surface area contributed by atoms with Crippen molar-refractivity contribution in [3.05, 3.63) is 17.8 Å². The first-order valence-corrected chi connectivity index (χ1v) is 5.62. The third-order valence-electron chi connectivity index (χ3n) is 1.67. The van der Waals surface area contributed by atoms with Gasteiger partial charge in [-0.15, -0.1) is 0 Å². The Morgan fingerprint density at radius 2 is 2.13 bits per heavy atom. The molecule has 0 aromatic carbocycles. The molecule has 1 heterocycles. The summed E-state index contributed by atoms with van der Waals surface area (Å²) in [6.07, 6.45) is 1.12. The number of pyridine rings is 1. The SMILES string of the molecule is CC(=O)Nc1cc(C)c(S(N)(=O)=O)cn1. The zero-order chi connectivity index (χ0) is 11.6. The number of aromatic nitrogens is 1. The van der Waals surface area contributed by atoms with Gasteiger partial charge in [0, 0.05) is 13.1 Å². The number of sulfonamides is 1. The Morgan fingerprint density at radius 1 is 1.53 bits per heavy atom. The van der Waals surface area contributed by atoms with E-state index in [1.54, 1.807) is 6.92 Å². The van der Waals surface area contributed by atoms with E-state index in [0.29, 0.717) is 11.4 Å². The fourth-order valence-corrected chi connectivity index (χ4v) is 1.80. The van der Waals surface area contributed by atoms with Crippen LogP contribution in [-0.2, 0) is 14.8 Å². The largest absolute Gasteiger partial charge is 0.311 e. The van der Waals surface area contributed by atoms with Crippen molar-refractivity contribution in [2.24, 2.45) is 5.14 Å². The van der Waals surface area contributed by atoms with Crippen molar-refractivity contribution in [3.8, 4) is 0 Å². The Balaban J connectivity index is 3.15. The lowest BCUT2D eigenvalue weighted by Gasteiger charge is -2.05. The molecule has 82 valence electrons. The number of nitrogens with one attached hydrogen (secondary N) is 1. The van der Waals surface area contributed by atoms with E-state index in [4.69, 9.17) is 5.14 Å². The van der Waals surface area contributed by atoms with E-state index >= 15 is 0 Å². The first-order chi connectivity index (χ1) is 6.80. The fourth-order valence-electron chi connectivity index (χ4n) is 1.09. The van der Waals surface area contributed by atoms with Crippen molar-refractivity contribution in [2.75, 3.05) is 5.32 Å². The molecule has 7 heteroatoms. The van der Waals surface area contributed by atoms with E-state index in [0.717, 1.165) is 6.20 Å². The maximum atomic E-state index is 11.0. The van der Waals surface area contributed by atoms with Crippen LogP contribution in [0.1, 0.15) is 12.5 Å². The molecule has 1 aromatic heterocycles. The zero-order valence-corrected chi connectivity index (χ0v) is 9.13. The number of nitrogens with two attached hydrogens (primary N) is 1. The molecule has 0 saturated heterocycles.